The molecule has 1 amide bonds. The molecule has 0 saturated carbocycles. The average molecular weight is 272 g/mol. The second-order valence-corrected chi connectivity index (χ2v) is 4.79. The van der Waals surface area contributed by atoms with Gasteiger partial charge in [-0.2, -0.15) is 0 Å². The van der Waals surface area contributed by atoms with Gasteiger partial charge < -0.3 is 19.7 Å². The van der Waals surface area contributed by atoms with Gasteiger partial charge in [0.2, 0.25) is 0 Å². The summed E-state index contributed by atoms with van der Waals surface area (Å²) in [5.41, 5.74) is 1.47. The number of phenolic OH excluding ortho intramolecular Hbond substituents is 1. The zero-order valence-electron chi connectivity index (χ0n) is 11.0. The number of hydrogen-bond acceptors (Lipinski definition) is 3. The number of ether oxygens (including phenoxy) is 1. The quantitative estimate of drug-likeness (QED) is 0.878. The summed E-state index contributed by atoms with van der Waals surface area (Å²) in [6.45, 7) is 1.56. The van der Waals surface area contributed by atoms with E-state index < -0.39 is 0 Å². The fourth-order valence-electron chi connectivity index (χ4n) is 2.39. The fourth-order valence-corrected chi connectivity index (χ4v) is 2.39. The van der Waals surface area contributed by atoms with E-state index in [2.05, 4.69) is 4.98 Å². The molecule has 1 aromatic carbocycles. The number of carbonyl (C=O) groups excluding carboxylic acids is 1. The van der Waals surface area contributed by atoms with Crippen LogP contribution in [0.1, 0.15) is 22.2 Å². The van der Waals surface area contributed by atoms with E-state index in [9.17, 15) is 9.90 Å². The topological polar surface area (TPSA) is 65.6 Å². The molecule has 2 aromatic rings. The minimum atomic E-state index is -0.199. The monoisotopic (exact) mass is 272 g/mol. The van der Waals surface area contributed by atoms with E-state index in [1.165, 1.54) is 0 Å². The number of hydrogen-bond donors (Lipinski definition) is 2. The van der Waals surface area contributed by atoms with Gasteiger partial charge in [-0.15, -0.1) is 0 Å². The first kappa shape index (κ1) is 12.7. The molecule has 1 atom stereocenters. The van der Waals surface area contributed by atoms with Gasteiger partial charge in [0.15, 0.2) is 0 Å². The van der Waals surface area contributed by atoms with Gasteiger partial charge in [-0.05, 0) is 29.8 Å². The van der Waals surface area contributed by atoms with Gasteiger partial charge in [0.25, 0.3) is 5.91 Å². The molecule has 1 saturated heterocycles. The number of aromatic amines is 1. The third kappa shape index (κ3) is 2.53. The molecule has 0 spiro atoms. The summed E-state index contributed by atoms with van der Waals surface area (Å²) in [5.74, 6) is 0.183. The Hall–Kier alpha value is -2.27. The maximum absolute atomic E-state index is 12.3. The van der Waals surface area contributed by atoms with E-state index in [1.807, 2.05) is 6.07 Å². The molecule has 104 valence electrons. The van der Waals surface area contributed by atoms with Crippen LogP contribution in [0.5, 0.6) is 5.75 Å². The minimum Gasteiger partial charge on any atom is -0.508 e. The van der Waals surface area contributed by atoms with E-state index in [1.54, 1.807) is 41.4 Å². The Morgan fingerprint density at radius 3 is 3.00 bits per heavy atom. The lowest BCUT2D eigenvalue weighted by Crippen LogP contribution is -2.42. The molecule has 20 heavy (non-hydrogen) atoms. The first-order valence-electron chi connectivity index (χ1n) is 6.57. The van der Waals surface area contributed by atoms with Crippen molar-refractivity contribution in [3.05, 3.63) is 53.9 Å². The highest BCUT2D eigenvalue weighted by Crippen LogP contribution is 2.25. The van der Waals surface area contributed by atoms with Crippen molar-refractivity contribution in [3.8, 4) is 5.75 Å². The molecule has 0 bridgehead atoms. The van der Waals surface area contributed by atoms with Crippen molar-refractivity contribution in [1.82, 2.24) is 9.88 Å². The molecule has 5 nitrogen and oxygen atoms in total. The number of amides is 1. The number of aromatic nitrogens is 1. The summed E-state index contributed by atoms with van der Waals surface area (Å²) in [6, 6.07) is 10.5. The summed E-state index contributed by atoms with van der Waals surface area (Å²) in [5, 5.41) is 9.53. The molecular weight excluding hydrogens is 256 g/mol. The lowest BCUT2D eigenvalue weighted by atomic mass is 10.1. The van der Waals surface area contributed by atoms with Crippen LogP contribution in [0, 0.1) is 0 Å². The fraction of sp³-hybridized carbons (Fsp3) is 0.267. The molecule has 2 N–H and O–H groups in total. The van der Waals surface area contributed by atoms with Crippen LogP contribution in [0.2, 0.25) is 0 Å². The second-order valence-electron chi connectivity index (χ2n) is 4.79. The average Bonchev–Trinajstić information content (AvgIpc) is 3.01. The SMILES string of the molecule is O=C(c1ccc[nH]1)N1CCO[C@H](c2cccc(O)c2)C1. The summed E-state index contributed by atoms with van der Waals surface area (Å²) < 4.78 is 5.70. The van der Waals surface area contributed by atoms with Gasteiger partial charge in [-0.25, -0.2) is 0 Å². The Morgan fingerprint density at radius 1 is 1.35 bits per heavy atom. The molecule has 0 radical (unpaired) electrons. The second kappa shape index (κ2) is 5.38. The molecule has 2 heterocycles. The number of benzene rings is 1. The Balaban J connectivity index is 1.75. The zero-order chi connectivity index (χ0) is 13.9. The van der Waals surface area contributed by atoms with Crippen molar-refractivity contribution < 1.29 is 14.6 Å². The molecule has 5 heteroatoms. The molecule has 1 fully saturated rings. The Morgan fingerprint density at radius 2 is 2.25 bits per heavy atom. The number of H-pyrrole nitrogens is 1. The number of carbonyl (C=O) groups is 1. The molecule has 0 aliphatic carbocycles. The van der Waals surface area contributed by atoms with Crippen molar-refractivity contribution in [3.63, 3.8) is 0 Å². The molecule has 1 aliphatic heterocycles. The first-order chi connectivity index (χ1) is 9.74. The maximum Gasteiger partial charge on any atom is 0.270 e. The smallest absolute Gasteiger partial charge is 0.270 e. The Kier molecular flexibility index (Phi) is 3.43. The van der Waals surface area contributed by atoms with Crippen molar-refractivity contribution in [2.75, 3.05) is 19.7 Å². The third-order valence-corrected chi connectivity index (χ3v) is 3.42. The zero-order valence-corrected chi connectivity index (χ0v) is 11.0. The number of aromatic hydroxyl groups is 1. The lowest BCUT2D eigenvalue weighted by Gasteiger charge is -2.33. The van der Waals surface area contributed by atoms with E-state index in [4.69, 9.17) is 4.74 Å². The van der Waals surface area contributed by atoms with Crippen molar-refractivity contribution in [1.29, 1.82) is 0 Å². The molecular formula is C15H16N2O3. The van der Waals surface area contributed by atoms with E-state index in [0.29, 0.717) is 25.4 Å². The molecule has 3 rings (SSSR count). The van der Waals surface area contributed by atoms with Crippen LogP contribution in [-0.2, 0) is 4.74 Å². The Labute approximate surface area is 116 Å². The largest absolute Gasteiger partial charge is 0.508 e. The van der Waals surface area contributed by atoms with E-state index in [-0.39, 0.29) is 17.8 Å². The number of nitrogens with zero attached hydrogens (tertiary/aromatic N) is 1. The Bertz CT molecular complexity index is 595. The summed E-state index contributed by atoms with van der Waals surface area (Å²) in [7, 11) is 0. The number of phenols is 1. The van der Waals surface area contributed by atoms with Crippen LogP contribution in [0.3, 0.4) is 0 Å². The highest BCUT2D eigenvalue weighted by Gasteiger charge is 2.26. The van der Waals surface area contributed by atoms with Crippen LogP contribution in [-0.4, -0.2) is 40.6 Å². The lowest BCUT2D eigenvalue weighted by molar-refractivity contribution is -0.0230. The highest BCUT2D eigenvalue weighted by molar-refractivity contribution is 5.92. The van der Waals surface area contributed by atoms with Crippen molar-refractivity contribution >= 4 is 5.91 Å². The molecule has 1 aromatic heterocycles. The third-order valence-electron chi connectivity index (χ3n) is 3.42. The predicted molar refractivity (Wildman–Crippen MR) is 73.5 cm³/mol. The van der Waals surface area contributed by atoms with Crippen LogP contribution in [0.15, 0.2) is 42.6 Å². The highest BCUT2D eigenvalue weighted by atomic mass is 16.5. The van der Waals surface area contributed by atoms with Gasteiger partial charge in [-0.3, -0.25) is 4.79 Å². The van der Waals surface area contributed by atoms with Crippen molar-refractivity contribution in [2.45, 2.75) is 6.10 Å². The standard InChI is InChI=1S/C15H16N2O3/c18-12-4-1-3-11(9-12)14-10-17(7-8-20-14)15(19)13-5-2-6-16-13/h1-6,9,14,16,18H,7-8,10H2/t14-/m0/s1. The van der Waals surface area contributed by atoms with Crippen LogP contribution >= 0.6 is 0 Å². The first-order valence-corrected chi connectivity index (χ1v) is 6.57. The summed E-state index contributed by atoms with van der Waals surface area (Å²) in [4.78, 5) is 17.0. The summed E-state index contributed by atoms with van der Waals surface area (Å²) in [6.07, 6.45) is 1.54. The van der Waals surface area contributed by atoms with Gasteiger partial charge in [0.1, 0.15) is 17.5 Å². The van der Waals surface area contributed by atoms with Gasteiger partial charge >= 0.3 is 0 Å². The van der Waals surface area contributed by atoms with E-state index in [0.717, 1.165) is 5.56 Å². The minimum absolute atomic E-state index is 0.0246. The van der Waals surface area contributed by atoms with Crippen LogP contribution in [0.4, 0.5) is 0 Å². The van der Waals surface area contributed by atoms with E-state index >= 15 is 0 Å². The predicted octanol–water partition coefficient (Wildman–Crippen LogP) is 1.93. The van der Waals surface area contributed by atoms with Crippen molar-refractivity contribution in [2.24, 2.45) is 0 Å². The van der Waals surface area contributed by atoms with Gasteiger partial charge in [-0.1, -0.05) is 12.1 Å². The summed E-state index contributed by atoms with van der Waals surface area (Å²) >= 11 is 0. The number of nitrogens with one attached hydrogen (secondary N) is 1. The van der Waals surface area contributed by atoms with Gasteiger partial charge in [0.05, 0.1) is 13.2 Å². The van der Waals surface area contributed by atoms with Crippen LogP contribution < -0.4 is 0 Å². The molecule has 0 unspecified atom stereocenters. The van der Waals surface area contributed by atoms with Gasteiger partial charge in [0, 0.05) is 12.7 Å². The number of rotatable bonds is 2. The molecule has 1 aliphatic rings. The normalized spacial score (nSPS) is 19.0. The number of morpholine rings is 1. The maximum atomic E-state index is 12.3. The van der Waals surface area contributed by atoms with Crippen LogP contribution in [0.25, 0.3) is 0 Å².